The lowest BCUT2D eigenvalue weighted by Crippen LogP contribution is -2.24. The highest BCUT2D eigenvalue weighted by Gasteiger charge is 2.23. The van der Waals surface area contributed by atoms with Crippen molar-refractivity contribution in [3.8, 4) is 11.5 Å². The van der Waals surface area contributed by atoms with Crippen LogP contribution in [0.25, 0.3) is 0 Å². The van der Waals surface area contributed by atoms with Crippen LogP contribution in [0.15, 0.2) is 22.8 Å². The van der Waals surface area contributed by atoms with Crippen LogP contribution in [0, 0.1) is 0 Å². The largest absolute Gasteiger partial charge is 0.454 e. The first-order chi connectivity index (χ1) is 10.7. The normalized spacial score (nSPS) is 19.3. The van der Waals surface area contributed by atoms with Crippen LogP contribution in [0.2, 0.25) is 0 Å². The van der Waals surface area contributed by atoms with Gasteiger partial charge in [0.25, 0.3) is 0 Å². The van der Waals surface area contributed by atoms with Crippen LogP contribution in [0.5, 0.6) is 11.5 Å². The maximum absolute atomic E-state index is 5.48. The third-order valence-corrected chi connectivity index (χ3v) is 5.00. The van der Waals surface area contributed by atoms with Gasteiger partial charge in [0.05, 0.1) is 10.7 Å². The van der Waals surface area contributed by atoms with E-state index in [-0.39, 0.29) is 0 Å². The molecule has 0 unspecified atom stereocenters. The fourth-order valence-corrected chi connectivity index (χ4v) is 3.89. The average Bonchev–Trinajstić information content (AvgIpc) is 3.13. The highest BCUT2D eigenvalue weighted by molar-refractivity contribution is 9.10. The van der Waals surface area contributed by atoms with Crippen LogP contribution in [-0.4, -0.2) is 16.6 Å². The van der Waals surface area contributed by atoms with Gasteiger partial charge < -0.3 is 14.8 Å². The SMILES string of the molecule is Cn1ncc2c1CCC[C@@H]2NCc1cc(Br)c2c(c1)OCO2. The van der Waals surface area contributed by atoms with Crippen molar-refractivity contribution in [2.24, 2.45) is 7.05 Å². The van der Waals surface area contributed by atoms with Gasteiger partial charge in [-0.15, -0.1) is 0 Å². The Morgan fingerprint density at radius 2 is 2.32 bits per heavy atom. The summed E-state index contributed by atoms with van der Waals surface area (Å²) in [5, 5.41) is 8.05. The van der Waals surface area contributed by atoms with Gasteiger partial charge in [0.1, 0.15) is 0 Å². The molecule has 6 heteroatoms. The predicted molar refractivity (Wildman–Crippen MR) is 86.0 cm³/mol. The zero-order valence-electron chi connectivity index (χ0n) is 12.4. The van der Waals surface area contributed by atoms with Gasteiger partial charge in [-0.1, -0.05) is 0 Å². The molecule has 0 bridgehead atoms. The van der Waals surface area contributed by atoms with E-state index in [2.05, 4.69) is 32.4 Å². The number of hydrogen-bond donors (Lipinski definition) is 1. The minimum Gasteiger partial charge on any atom is -0.454 e. The Labute approximate surface area is 137 Å². The standard InChI is InChI=1S/C16H18BrN3O2/c1-20-14-4-2-3-13(11(14)8-19-20)18-7-10-5-12(17)16-15(6-10)21-9-22-16/h5-6,8,13,18H,2-4,7,9H2,1H3/t13-/m0/s1. The molecule has 116 valence electrons. The van der Waals surface area contributed by atoms with Crippen molar-refractivity contribution in [2.45, 2.75) is 31.8 Å². The average molecular weight is 364 g/mol. The molecule has 22 heavy (non-hydrogen) atoms. The summed E-state index contributed by atoms with van der Waals surface area (Å²) in [5.41, 5.74) is 3.89. The molecule has 4 rings (SSSR count). The maximum Gasteiger partial charge on any atom is 0.231 e. The molecule has 0 saturated heterocycles. The first kappa shape index (κ1) is 14.1. The molecule has 0 saturated carbocycles. The van der Waals surface area contributed by atoms with E-state index in [9.17, 15) is 0 Å². The lowest BCUT2D eigenvalue weighted by molar-refractivity contribution is 0.173. The Kier molecular flexibility index (Phi) is 3.58. The van der Waals surface area contributed by atoms with Crippen LogP contribution in [-0.2, 0) is 20.0 Å². The topological polar surface area (TPSA) is 48.3 Å². The number of ether oxygens (including phenoxy) is 2. The summed E-state index contributed by atoms with van der Waals surface area (Å²) < 4.78 is 13.9. The minimum atomic E-state index is 0.298. The molecule has 0 spiro atoms. The fraction of sp³-hybridized carbons (Fsp3) is 0.438. The zero-order chi connectivity index (χ0) is 15.1. The van der Waals surface area contributed by atoms with Crippen molar-refractivity contribution < 1.29 is 9.47 Å². The fourth-order valence-electron chi connectivity index (χ4n) is 3.28. The van der Waals surface area contributed by atoms with E-state index in [0.29, 0.717) is 12.8 Å². The number of nitrogens with one attached hydrogen (secondary N) is 1. The van der Waals surface area contributed by atoms with E-state index >= 15 is 0 Å². The number of rotatable bonds is 3. The molecular weight excluding hydrogens is 346 g/mol. The van der Waals surface area contributed by atoms with Gasteiger partial charge in [-0.05, 0) is 52.9 Å². The molecule has 1 atom stereocenters. The molecule has 2 aromatic rings. The molecule has 1 aromatic heterocycles. The third kappa shape index (κ3) is 2.40. The molecule has 1 N–H and O–H groups in total. The van der Waals surface area contributed by atoms with Crippen molar-refractivity contribution in [1.82, 2.24) is 15.1 Å². The van der Waals surface area contributed by atoms with E-state index in [4.69, 9.17) is 9.47 Å². The van der Waals surface area contributed by atoms with Crippen molar-refractivity contribution in [3.05, 3.63) is 39.6 Å². The van der Waals surface area contributed by atoms with Crippen LogP contribution >= 0.6 is 15.9 Å². The first-order valence-corrected chi connectivity index (χ1v) is 8.34. The zero-order valence-corrected chi connectivity index (χ0v) is 14.0. The van der Waals surface area contributed by atoms with Gasteiger partial charge in [0, 0.05) is 30.9 Å². The summed E-state index contributed by atoms with van der Waals surface area (Å²) in [4.78, 5) is 0. The smallest absolute Gasteiger partial charge is 0.231 e. The lowest BCUT2D eigenvalue weighted by Gasteiger charge is -2.24. The maximum atomic E-state index is 5.48. The molecule has 2 aliphatic rings. The van der Waals surface area contributed by atoms with E-state index < -0.39 is 0 Å². The molecule has 0 radical (unpaired) electrons. The molecule has 1 aliphatic heterocycles. The second kappa shape index (κ2) is 5.59. The highest BCUT2D eigenvalue weighted by atomic mass is 79.9. The number of aromatic nitrogens is 2. The van der Waals surface area contributed by atoms with E-state index in [1.807, 2.05) is 24.0 Å². The molecule has 0 amide bonds. The second-order valence-corrected chi connectivity index (χ2v) is 6.66. The monoisotopic (exact) mass is 363 g/mol. The molecule has 0 fully saturated rings. The molecule has 1 aliphatic carbocycles. The van der Waals surface area contributed by atoms with Gasteiger partial charge in [0.15, 0.2) is 11.5 Å². The Balaban J connectivity index is 1.51. The van der Waals surface area contributed by atoms with Crippen molar-refractivity contribution in [2.75, 3.05) is 6.79 Å². The number of hydrogen-bond acceptors (Lipinski definition) is 4. The summed E-state index contributed by atoms with van der Waals surface area (Å²) in [5.74, 6) is 1.62. The van der Waals surface area contributed by atoms with E-state index in [1.165, 1.54) is 23.2 Å². The van der Waals surface area contributed by atoms with Crippen LogP contribution < -0.4 is 14.8 Å². The van der Waals surface area contributed by atoms with Gasteiger partial charge in [-0.3, -0.25) is 4.68 Å². The van der Waals surface area contributed by atoms with Gasteiger partial charge in [-0.25, -0.2) is 0 Å². The van der Waals surface area contributed by atoms with Gasteiger partial charge >= 0.3 is 0 Å². The number of aryl methyl sites for hydroxylation is 1. The Hall–Kier alpha value is -1.53. The van der Waals surface area contributed by atoms with Gasteiger partial charge in [-0.2, -0.15) is 5.10 Å². The summed E-state index contributed by atoms with van der Waals surface area (Å²) in [6.07, 6.45) is 5.49. The Morgan fingerprint density at radius 3 is 3.23 bits per heavy atom. The number of fused-ring (bicyclic) bond motifs is 2. The third-order valence-electron chi connectivity index (χ3n) is 4.42. The number of halogens is 1. The van der Waals surface area contributed by atoms with E-state index in [0.717, 1.165) is 35.4 Å². The van der Waals surface area contributed by atoms with E-state index in [1.54, 1.807) is 0 Å². The van der Waals surface area contributed by atoms with Gasteiger partial charge in [0.2, 0.25) is 6.79 Å². The van der Waals surface area contributed by atoms with Crippen molar-refractivity contribution >= 4 is 15.9 Å². The van der Waals surface area contributed by atoms with Crippen molar-refractivity contribution in [1.29, 1.82) is 0 Å². The number of nitrogens with zero attached hydrogens (tertiary/aromatic N) is 2. The molecular formula is C16H18BrN3O2. The predicted octanol–water partition coefficient (Wildman–Crippen LogP) is 3.08. The van der Waals surface area contributed by atoms with Crippen molar-refractivity contribution in [3.63, 3.8) is 0 Å². The molecule has 2 heterocycles. The molecule has 5 nitrogen and oxygen atoms in total. The first-order valence-electron chi connectivity index (χ1n) is 7.54. The quantitative estimate of drug-likeness (QED) is 0.910. The summed E-state index contributed by atoms with van der Waals surface area (Å²) in [7, 11) is 2.02. The summed E-state index contributed by atoms with van der Waals surface area (Å²) >= 11 is 3.55. The molecule has 1 aromatic carbocycles. The lowest BCUT2D eigenvalue weighted by atomic mass is 9.93. The second-order valence-electron chi connectivity index (χ2n) is 5.81. The summed E-state index contributed by atoms with van der Waals surface area (Å²) in [6.45, 7) is 1.10. The van der Waals surface area contributed by atoms with Crippen LogP contribution in [0.4, 0.5) is 0 Å². The van der Waals surface area contributed by atoms with Crippen LogP contribution in [0.1, 0.15) is 35.7 Å². The minimum absolute atomic E-state index is 0.298. The summed E-state index contributed by atoms with van der Waals surface area (Å²) in [6, 6.07) is 4.52. The highest BCUT2D eigenvalue weighted by Crippen LogP contribution is 2.40. The Bertz CT molecular complexity index is 714. The van der Waals surface area contributed by atoms with Crippen LogP contribution in [0.3, 0.4) is 0 Å². The Morgan fingerprint density at radius 1 is 1.41 bits per heavy atom. The number of benzene rings is 1.